The maximum atomic E-state index is 12.6. The van der Waals surface area contributed by atoms with Crippen molar-refractivity contribution in [2.24, 2.45) is 0 Å². The van der Waals surface area contributed by atoms with Crippen molar-refractivity contribution in [3.05, 3.63) is 59.2 Å². The second kappa shape index (κ2) is 7.64. The van der Waals surface area contributed by atoms with E-state index >= 15 is 0 Å². The summed E-state index contributed by atoms with van der Waals surface area (Å²) in [7, 11) is 6.08. The Kier molecular flexibility index (Phi) is 5.26. The van der Waals surface area contributed by atoms with Gasteiger partial charge in [-0.2, -0.15) is 0 Å². The molecule has 1 atom stereocenters. The predicted molar refractivity (Wildman–Crippen MR) is 103 cm³/mol. The third kappa shape index (κ3) is 3.15. The quantitative estimate of drug-likeness (QED) is 0.485. The largest absolute Gasteiger partial charge is 0.507 e. The summed E-state index contributed by atoms with van der Waals surface area (Å²) < 4.78 is 15.7. The summed E-state index contributed by atoms with van der Waals surface area (Å²) in [6.45, 7) is 0. The third-order valence-electron chi connectivity index (χ3n) is 4.76. The molecule has 7 heteroatoms. The maximum Gasteiger partial charge on any atom is 0.295 e. The van der Waals surface area contributed by atoms with E-state index in [1.165, 1.54) is 33.3 Å². The summed E-state index contributed by atoms with van der Waals surface area (Å²) in [4.78, 5) is 26.3. The van der Waals surface area contributed by atoms with Crippen LogP contribution in [0.15, 0.2) is 48.0 Å². The molecule has 0 spiro atoms. The minimum Gasteiger partial charge on any atom is -0.507 e. The Hall–Kier alpha value is -3.48. The van der Waals surface area contributed by atoms with E-state index in [0.29, 0.717) is 28.4 Å². The van der Waals surface area contributed by atoms with Gasteiger partial charge >= 0.3 is 0 Å². The summed E-state index contributed by atoms with van der Waals surface area (Å²) in [5.74, 6) is -0.0718. The number of carbonyl (C=O) groups is 2. The predicted octanol–water partition coefficient (Wildman–Crippen LogP) is 2.76. The highest BCUT2D eigenvalue weighted by Gasteiger charge is 2.44. The number of likely N-dealkylation sites (tertiary alicyclic amines) is 1. The van der Waals surface area contributed by atoms with Crippen LogP contribution in [0.4, 0.5) is 0 Å². The molecule has 1 N–H and O–H groups in total. The minimum atomic E-state index is -0.748. The molecule has 0 saturated carbocycles. The highest BCUT2D eigenvalue weighted by molar-refractivity contribution is 6.46. The van der Waals surface area contributed by atoms with Crippen LogP contribution in [0.2, 0.25) is 0 Å². The fraction of sp³-hybridized carbons (Fsp3) is 0.238. The maximum absolute atomic E-state index is 12.6. The standard InChI is InChI=1S/C21H21NO6/c1-22-18(13-7-10-15(27-3)16(11-13)28-4)17(20(24)21(22)25)19(23)12-5-8-14(26-2)9-6-12/h5-11,18,23H,1-4H3/t18-/m1/s1. The van der Waals surface area contributed by atoms with Crippen molar-refractivity contribution in [1.82, 2.24) is 4.90 Å². The van der Waals surface area contributed by atoms with Crippen molar-refractivity contribution in [2.75, 3.05) is 28.4 Å². The number of aliphatic hydroxyl groups excluding tert-OH is 1. The van der Waals surface area contributed by atoms with Crippen LogP contribution in [-0.2, 0) is 9.59 Å². The molecule has 28 heavy (non-hydrogen) atoms. The molecule has 1 aliphatic heterocycles. The highest BCUT2D eigenvalue weighted by Crippen LogP contribution is 2.41. The Morgan fingerprint density at radius 1 is 0.929 bits per heavy atom. The second-order valence-electron chi connectivity index (χ2n) is 6.25. The smallest absolute Gasteiger partial charge is 0.295 e. The summed E-state index contributed by atoms with van der Waals surface area (Å²) in [6.07, 6.45) is 0. The zero-order chi connectivity index (χ0) is 20.4. The molecule has 3 rings (SSSR count). The first-order chi connectivity index (χ1) is 13.4. The van der Waals surface area contributed by atoms with Gasteiger partial charge in [0.1, 0.15) is 11.5 Å². The Bertz CT molecular complexity index is 948. The number of Topliss-reactive ketones (excluding diaryl/α,β-unsaturated/α-hetero) is 1. The number of ether oxygens (including phenoxy) is 3. The molecule has 1 aliphatic rings. The van der Waals surface area contributed by atoms with E-state index in [4.69, 9.17) is 14.2 Å². The van der Waals surface area contributed by atoms with E-state index in [9.17, 15) is 14.7 Å². The Morgan fingerprint density at radius 3 is 2.14 bits per heavy atom. The van der Waals surface area contributed by atoms with Crippen molar-refractivity contribution < 1.29 is 28.9 Å². The molecule has 0 bridgehead atoms. The van der Waals surface area contributed by atoms with Gasteiger partial charge in [0.15, 0.2) is 11.5 Å². The normalized spacial score (nSPS) is 18.3. The third-order valence-corrected chi connectivity index (χ3v) is 4.76. The zero-order valence-corrected chi connectivity index (χ0v) is 16.1. The molecule has 0 unspecified atom stereocenters. The minimum absolute atomic E-state index is 0.0184. The molecule has 0 aliphatic carbocycles. The molecule has 0 aromatic heterocycles. The topological polar surface area (TPSA) is 85.3 Å². The highest BCUT2D eigenvalue weighted by atomic mass is 16.5. The van der Waals surface area contributed by atoms with E-state index < -0.39 is 17.7 Å². The molecule has 2 aromatic rings. The number of hydrogen-bond acceptors (Lipinski definition) is 6. The second-order valence-corrected chi connectivity index (χ2v) is 6.25. The Balaban J connectivity index is 2.14. The average Bonchev–Trinajstić information content (AvgIpc) is 2.96. The monoisotopic (exact) mass is 383 g/mol. The number of rotatable bonds is 5. The van der Waals surface area contributed by atoms with Crippen molar-refractivity contribution in [2.45, 2.75) is 6.04 Å². The summed E-state index contributed by atoms with van der Waals surface area (Å²) in [6, 6.07) is 11.0. The van der Waals surface area contributed by atoms with Gasteiger partial charge in [-0.05, 0) is 42.0 Å². The fourth-order valence-corrected chi connectivity index (χ4v) is 3.27. The lowest BCUT2D eigenvalue weighted by Gasteiger charge is -2.22. The molecule has 146 valence electrons. The summed E-state index contributed by atoms with van der Waals surface area (Å²) in [5.41, 5.74) is 1.05. The van der Waals surface area contributed by atoms with E-state index in [-0.39, 0.29) is 11.3 Å². The van der Waals surface area contributed by atoms with Crippen molar-refractivity contribution in [3.8, 4) is 17.2 Å². The number of carbonyl (C=O) groups excluding carboxylic acids is 2. The first-order valence-electron chi connectivity index (χ1n) is 8.53. The zero-order valence-electron chi connectivity index (χ0n) is 16.1. The average molecular weight is 383 g/mol. The van der Waals surface area contributed by atoms with Gasteiger partial charge in [-0.3, -0.25) is 9.59 Å². The van der Waals surface area contributed by atoms with Crippen LogP contribution in [0.1, 0.15) is 17.2 Å². The van der Waals surface area contributed by atoms with E-state index in [0.717, 1.165) is 0 Å². The Labute approximate surface area is 162 Å². The molecule has 1 amide bonds. The first kappa shape index (κ1) is 19.3. The first-order valence-corrected chi connectivity index (χ1v) is 8.53. The van der Waals surface area contributed by atoms with Crippen LogP contribution < -0.4 is 14.2 Å². The number of amides is 1. The van der Waals surface area contributed by atoms with Gasteiger partial charge in [-0.15, -0.1) is 0 Å². The lowest BCUT2D eigenvalue weighted by Crippen LogP contribution is -2.24. The van der Waals surface area contributed by atoms with E-state index in [1.54, 1.807) is 42.5 Å². The van der Waals surface area contributed by atoms with Crippen molar-refractivity contribution in [1.29, 1.82) is 0 Å². The summed E-state index contributed by atoms with van der Waals surface area (Å²) in [5, 5.41) is 10.8. The van der Waals surface area contributed by atoms with Crippen molar-refractivity contribution in [3.63, 3.8) is 0 Å². The summed E-state index contributed by atoms with van der Waals surface area (Å²) >= 11 is 0. The van der Waals surface area contributed by atoms with E-state index in [2.05, 4.69) is 0 Å². The fourth-order valence-electron chi connectivity index (χ4n) is 3.27. The number of benzene rings is 2. The van der Waals surface area contributed by atoms with Crippen LogP contribution in [-0.4, -0.2) is 50.1 Å². The number of aliphatic hydroxyl groups is 1. The van der Waals surface area contributed by atoms with Crippen molar-refractivity contribution >= 4 is 17.4 Å². The molecule has 7 nitrogen and oxygen atoms in total. The van der Waals surface area contributed by atoms with Gasteiger partial charge in [0, 0.05) is 12.6 Å². The number of hydrogen-bond donors (Lipinski definition) is 1. The molecular formula is C21H21NO6. The number of methoxy groups -OCH3 is 3. The van der Waals surface area contributed by atoms with Crippen LogP contribution >= 0.6 is 0 Å². The molecule has 2 aromatic carbocycles. The van der Waals surface area contributed by atoms with Gasteiger partial charge in [0.2, 0.25) is 0 Å². The van der Waals surface area contributed by atoms with Gasteiger partial charge in [0.25, 0.3) is 11.7 Å². The Morgan fingerprint density at radius 2 is 1.57 bits per heavy atom. The van der Waals surface area contributed by atoms with Gasteiger partial charge in [-0.25, -0.2) is 0 Å². The molecule has 1 heterocycles. The molecule has 1 fully saturated rings. The van der Waals surface area contributed by atoms with Crippen LogP contribution in [0, 0.1) is 0 Å². The SMILES string of the molecule is COc1ccc(C(O)=C2C(=O)C(=O)N(C)[C@@H]2c2ccc(OC)c(OC)c2)cc1. The molecule has 0 radical (unpaired) electrons. The van der Waals surface area contributed by atoms with Crippen LogP contribution in [0.25, 0.3) is 5.76 Å². The number of likely N-dealkylation sites (N-methyl/N-ethyl adjacent to an activating group) is 1. The van der Waals surface area contributed by atoms with Crippen LogP contribution in [0.5, 0.6) is 17.2 Å². The lowest BCUT2D eigenvalue weighted by molar-refractivity contribution is -0.139. The van der Waals surface area contributed by atoms with Crippen LogP contribution in [0.3, 0.4) is 0 Å². The molecular weight excluding hydrogens is 362 g/mol. The number of nitrogens with zero attached hydrogens (tertiary/aromatic N) is 1. The molecule has 1 saturated heterocycles. The van der Waals surface area contributed by atoms with Gasteiger partial charge in [-0.1, -0.05) is 6.07 Å². The lowest BCUT2D eigenvalue weighted by atomic mass is 9.95. The van der Waals surface area contributed by atoms with Gasteiger partial charge in [0.05, 0.1) is 32.9 Å². The van der Waals surface area contributed by atoms with Gasteiger partial charge < -0.3 is 24.2 Å². The number of ketones is 1. The van der Waals surface area contributed by atoms with E-state index in [1.807, 2.05) is 0 Å².